The van der Waals surface area contributed by atoms with Crippen molar-refractivity contribution in [3.63, 3.8) is 0 Å². The fraction of sp³-hybridized carbons (Fsp3) is 1.00. The van der Waals surface area contributed by atoms with Crippen molar-refractivity contribution in [3.05, 3.63) is 0 Å². The van der Waals surface area contributed by atoms with Crippen molar-refractivity contribution in [2.24, 2.45) is 0 Å². The molecule has 1 saturated carbocycles. The third kappa shape index (κ3) is 0.857. The fourth-order valence-electron chi connectivity index (χ4n) is 0.540. The zero-order chi connectivity index (χ0) is 7.28. The standard InChI is InChI=1S/C4H3Cl4F/c5-1-3(7)2(6)4(3,8)9/h2H,1H2. The van der Waals surface area contributed by atoms with Crippen LogP contribution in [0.4, 0.5) is 4.39 Å². The largest absolute Gasteiger partial charge is 0.223 e. The lowest BCUT2D eigenvalue weighted by atomic mass is 10.5. The number of halogens is 5. The summed E-state index contributed by atoms with van der Waals surface area (Å²) in [7, 11) is 0. The SMILES string of the molecule is FC1(Cl)C(Cl)C1(Cl)CCl. The Balaban J connectivity index is 2.70. The van der Waals surface area contributed by atoms with Gasteiger partial charge in [-0.2, -0.15) is 0 Å². The van der Waals surface area contributed by atoms with Crippen molar-refractivity contribution in [1.29, 1.82) is 0 Å². The predicted molar refractivity (Wildman–Crippen MR) is 38.6 cm³/mol. The van der Waals surface area contributed by atoms with Crippen LogP contribution in [-0.2, 0) is 0 Å². The van der Waals surface area contributed by atoms with Gasteiger partial charge in [0.2, 0.25) is 5.13 Å². The molecule has 0 nitrogen and oxygen atoms in total. The Hall–Kier alpha value is 1.09. The molecule has 0 spiro atoms. The number of hydrogen-bond acceptors (Lipinski definition) is 0. The lowest BCUT2D eigenvalue weighted by Crippen LogP contribution is -2.11. The summed E-state index contributed by atoms with van der Waals surface area (Å²) in [5.41, 5.74) is 0. The third-order valence-corrected chi connectivity index (χ3v) is 4.12. The monoisotopic (exact) mass is 210 g/mol. The van der Waals surface area contributed by atoms with E-state index in [2.05, 4.69) is 0 Å². The molecular weight excluding hydrogens is 209 g/mol. The minimum atomic E-state index is -2.02. The second-order valence-corrected chi connectivity index (χ2v) is 3.91. The maximum Gasteiger partial charge on any atom is 0.223 e. The minimum Gasteiger partial charge on any atom is -0.222 e. The normalized spacial score (nSPS) is 57.7. The van der Waals surface area contributed by atoms with Gasteiger partial charge in [0.1, 0.15) is 10.3 Å². The Morgan fingerprint density at radius 3 is 1.78 bits per heavy atom. The lowest BCUT2D eigenvalue weighted by molar-refractivity contribution is 0.411. The highest BCUT2D eigenvalue weighted by molar-refractivity contribution is 6.51. The Morgan fingerprint density at radius 2 is 1.78 bits per heavy atom. The molecule has 0 aromatic carbocycles. The van der Waals surface area contributed by atoms with Gasteiger partial charge >= 0.3 is 0 Å². The quantitative estimate of drug-likeness (QED) is 0.586. The van der Waals surface area contributed by atoms with Gasteiger partial charge in [-0.1, -0.05) is 11.6 Å². The summed E-state index contributed by atoms with van der Waals surface area (Å²) in [6, 6.07) is 0. The van der Waals surface area contributed by atoms with Crippen LogP contribution in [0.15, 0.2) is 0 Å². The summed E-state index contributed by atoms with van der Waals surface area (Å²) >= 11 is 21.3. The highest BCUT2D eigenvalue weighted by Gasteiger charge is 2.77. The van der Waals surface area contributed by atoms with Crippen molar-refractivity contribution in [1.82, 2.24) is 0 Å². The molecule has 1 rings (SSSR count). The number of rotatable bonds is 1. The molecule has 3 atom stereocenters. The van der Waals surface area contributed by atoms with Crippen LogP contribution in [0.1, 0.15) is 0 Å². The second kappa shape index (κ2) is 2.04. The van der Waals surface area contributed by atoms with Crippen LogP contribution < -0.4 is 0 Å². The first kappa shape index (κ1) is 8.19. The maximum absolute atomic E-state index is 12.7. The smallest absolute Gasteiger partial charge is 0.222 e. The summed E-state index contributed by atoms with van der Waals surface area (Å²) in [6.07, 6.45) is 0. The Bertz CT molecular complexity index is 137. The van der Waals surface area contributed by atoms with E-state index in [0.717, 1.165) is 0 Å². The molecule has 0 amide bonds. The van der Waals surface area contributed by atoms with E-state index >= 15 is 0 Å². The van der Waals surface area contributed by atoms with Crippen molar-refractivity contribution < 1.29 is 4.39 Å². The fourth-order valence-corrected chi connectivity index (χ4v) is 2.08. The van der Waals surface area contributed by atoms with Gasteiger partial charge in [-0.3, -0.25) is 0 Å². The van der Waals surface area contributed by atoms with Crippen molar-refractivity contribution in [3.8, 4) is 0 Å². The average molecular weight is 212 g/mol. The van der Waals surface area contributed by atoms with Crippen LogP contribution in [0, 0.1) is 0 Å². The average Bonchev–Trinajstić information content (AvgIpc) is 2.16. The van der Waals surface area contributed by atoms with E-state index in [-0.39, 0.29) is 5.88 Å². The summed E-state index contributed by atoms with van der Waals surface area (Å²) in [5, 5.41) is -2.89. The predicted octanol–water partition coefficient (Wildman–Crippen LogP) is 2.73. The molecule has 1 aliphatic rings. The maximum atomic E-state index is 12.7. The molecule has 0 N–H and O–H groups in total. The molecule has 1 fully saturated rings. The van der Waals surface area contributed by atoms with Gasteiger partial charge < -0.3 is 0 Å². The molecule has 3 unspecified atom stereocenters. The molecule has 54 valence electrons. The van der Waals surface area contributed by atoms with E-state index in [1.165, 1.54) is 0 Å². The number of hydrogen-bond donors (Lipinski definition) is 0. The number of alkyl halides is 5. The molecule has 0 bridgehead atoms. The van der Waals surface area contributed by atoms with Gasteiger partial charge in [-0.25, -0.2) is 4.39 Å². The van der Waals surface area contributed by atoms with Crippen LogP contribution in [0.2, 0.25) is 0 Å². The van der Waals surface area contributed by atoms with Gasteiger partial charge in [0.25, 0.3) is 0 Å². The van der Waals surface area contributed by atoms with Gasteiger partial charge in [0, 0.05) is 5.88 Å². The summed E-state index contributed by atoms with van der Waals surface area (Å²) < 4.78 is 12.7. The Kier molecular flexibility index (Phi) is 1.85. The van der Waals surface area contributed by atoms with Gasteiger partial charge in [0.05, 0.1) is 0 Å². The zero-order valence-corrected chi connectivity index (χ0v) is 7.20. The van der Waals surface area contributed by atoms with Gasteiger partial charge in [-0.15, -0.1) is 34.8 Å². The van der Waals surface area contributed by atoms with Crippen LogP contribution in [0.3, 0.4) is 0 Å². The van der Waals surface area contributed by atoms with Crippen LogP contribution in [0.5, 0.6) is 0 Å². The van der Waals surface area contributed by atoms with Crippen molar-refractivity contribution >= 4 is 46.4 Å². The van der Waals surface area contributed by atoms with Crippen molar-refractivity contribution in [2.45, 2.75) is 15.4 Å². The van der Waals surface area contributed by atoms with E-state index in [4.69, 9.17) is 46.4 Å². The van der Waals surface area contributed by atoms with Crippen LogP contribution in [-0.4, -0.2) is 21.3 Å². The first-order chi connectivity index (χ1) is 3.97. The second-order valence-electron chi connectivity index (χ2n) is 1.98. The van der Waals surface area contributed by atoms with Gasteiger partial charge in [0.15, 0.2) is 0 Å². The van der Waals surface area contributed by atoms with Crippen LogP contribution in [0.25, 0.3) is 0 Å². The zero-order valence-electron chi connectivity index (χ0n) is 4.17. The van der Waals surface area contributed by atoms with E-state index in [0.29, 0.717) is 0 Å². The molecule has 0 aliphatic heterocycles. The molecule has 0 heterocycles. The van der Waals surface area contributed by atoms with Crippen LogP contribution >= 0.6 is 46.4 Å². The summed E-state index contributed by atoms with van der Waals surface area (Å²) in [4.78, 5) is -1.25. The van der Waals surface area contributed by atoms with Crippen molar-refractivity contribution in [2.75, 3.05) is 5.88 Å². The van der Waals surface area contributed by atoms with Gasteiger partial charge in [-0.05, 0) is 0 Å². The first-order valence-corrected chi connectivity index (χ1v) is 3.96. The Morgan fingerprint density at radius 1 is 1.44 bits per heavy atom. The van der Waals surface area contributed by atoms with E-state index in [1.54, 1.807) is 0 Å². The molecule has 0 saturated heterocycles. The topological polar surface area (TPSA) is 0 Å². The molecule has 0 aromatic heterocycles. The van der Waals surface area contributed by atoms with E-state index in [9.17, 15) is 4.39 Å². The Labute approximate surface area is 72.2 Å². The van der Waals surface area contributed by atoms with E-state index < -0.39 is 15.4 Å². The summed E-state index contributed by atoms with van der Waals surface area (Å²) in [5.74, 6) is -0.0667. The lowest BCUT2D eigenvalue weighted by Gasteiger charge is -1.98. The molecule has 0 radical (unpaired) electrons. The first-order valence-electron chi connectivity index (χ1n) is 2.23. The third-order valence-electron chi connectivity index (χ3n) is 1.39. The molecule has 9 heavy (non-hydrogen) atoms. The highest BCUT2D eigenvalue weighted by Crippen LogP contribution is 2.63. The van der Waals surface area contributed by atoms with E-state index in [1.807, 2.05) is 0 Å². The molecule has 0 aromatic rings. The molecular formula is C4H3Cl4F. The molecule has 1 aliphatic carbocycles. The highest BCUT2D eigenvalue weighted by atomic mass is 35.5. The molecule has 5 heteroatoms. The minimum absolute atomic E-state index is 0.0667. The summed E-state index contributed by atoms with van der Waals surface area (Å²) in [6.45, 7) is 0.